The molecule has 0 aromatic rings. The third kappa shape index (κ3) is 15.3. The summed E-state index contributed by atoms with van der Waals surface area (Å²) in [4.78, 5) is 29.5. The Morgan fingerprint density at radius 3 is 2.12 bits per heavy atom. The van der Waals surface area contributed by atoms with E-state index in [0.29, 0.717) is 19.3 Å². The van der Waals surface area contributed by atoms with Crippen molar-refractivity contribution in [3.05, 3.63) is 0 Å². The van der Waals surface area contributed by atoms with E-state index in [1.165, 1.54) is 6.92 Å². The highest BCUT2D eigenvalue weighted by Crippen LogP contribution is 2.21. The average molecular weight is 230 g/mol. The second-order valence-electron chi connectivity index (χ2n) is 4.18. The van der Waals surface area contributed by atoms with Crippen molar-refractivity contribution >= 4 is 18.5 Å². The van der Waals surface area contributed by atoms with Gasteiger partial charge in [0.15, 0.2) is 0 Å². The number of hydrogen-bond acceptors (Lipinski definition) is 4. The normalized spacial score (nSPS) is 9.75. The number of hydrogen-bond donors (Lipinski definition) is 2. The minimum absolute atomic E-state index is 0.108. The summed E-state index contributed by atoms with van der Waals surface area (Å²) in [6.45, 7) is 6.25. The third-order valence-corrected chi connectivity index (χ3v) is 1.89. The SMILES string of the molecule is CC(=O)NCC=O.CC(C)(CC=O)CCN. The highest BCUT2D eigenvalue weighted by molar-refractivity contribution is 5.75. The van der Waals surface area contributed by atoms with Crippen molar-refractivity contribution < 1.29 is 14.4 Å². The van der Waals surface area contributed by atoms with E-state index in [1.807, 2.05) is 13.8 Å². The second kappa shape index (κ2) is 10.3. The molecular weight excluding hydrogens is 208 g/mol. The fourth-order valence-corrected chi connectivity index (χ4v) is 0.904. The first-order chi connectivity index (χ1) is 7.39. The predicted molar refractivity (Wildman–Crippen MR) is 62.9 cm³/mol. The number of rotatable bonds is 6. The van der Waals surface area contributed by atoms with Crippen LogP contribution in [0.3, 0.4) is 0 Å². The summed E-state index contributed by atoms with van der Waals surface area (Å²) in [5, 5.41) is 2.29. The van der Waals surface area contributed by atoms with Crippen LogP contribution in [0.2, 0.25) is 0 Å². The summed E-state index contributed by atoms with van der Waals surface area (Å²) in [6, 6.07) is 0. The predicted octanol–water partition coefficient (Wildman–Crippen LogP) is 0.272. The van der Waals surface area contributed by atoms with Crippen molar-refractivity contribution in [3.63, 3.8) is 0 Å². The monoisotopic (exact) mass is 230 g/mol. The Labute approximate surface area is 96.8 Å². The van der Waals surface area contributed by atoms with Crippen LogP contribution in [0.4, 0.5) is 0 Å². The van der Waals surface area contributed by atoms with Crippen LogP contribution in [-0.2, 0) is 14.4 Å². The molecule has 5 heteroatoms. The first kappa shape index (κ1) is 17.2. The average Bonchev–Trinajstić information content (AvgIpc) is 2.15. The van der Waals surface area contributed by atoms with Crippen molar-refractivity contribution in [1.29, 1.82) is 0 Å². The Morgan fingerprint density at radius 1 is 1.31 bits per heavy atom. The van der Waals surface area contributed by atoms with Gasteiger partial charge < -0.3 is 20.6 Å². The van der Waals surface area contributed by atoms with E-state index in [0.717, 1.165) is 12.7 Å². The van der Waals surface area contributed by atoms with Crippen LogP contribution in [0.1, 0.15) is 33.6 Å². The van der Waals surface area contributed by atoms with Crippen LogP contribution in [0, 0.1) is 5.41 Å². The molecule has 0 aliphatic carbocycles. The van der Waals surface area contributed by atoms with Gasteiger partial charge in [0.05, 0.1) is 6.54 Å². The lowest BCUT2D eigenvalue weighted by Crippen LogP contribution is -2.21. The van der Waals surface area contributed by atoms with Gasteiger partial charge in [0.25, 0.3) is 0 Å². The van der Waals surface area contributed by atoms with Crippen LogP contribution in [0.25, 0.3) is 0 Å². The Kier molecular flexibility index (Phi) is 11.0. The van der Waals surface area contributed by atoms with E-state index >= 15 is 0 Å². The lowest BCUT2D eigenvalue weighted by Gasteiger charge is -2.19. The van der Waals surface area contributed by atoms with E-state index in [1.54, 1.807) is 0 Å². The molecule has 5 nitrogen and oxygen atoms in total. The van der Waals surface area contributed by atoms with E-state index in [2.05, 4.69) is 5.32 Å². The molecule has 0 aliphatic rings. The maximum atomic E-state index is 10.1. The highest BCUT2D eigenvalue weighted by Gasteiger charge is 2.14. The number of aldehydes is 2. The maximum absolute atomic E-state index is 10.1. The summed E-state index contributed by atoms with van der Waals surface area (Å²) in [5.74, 6) is -0.174. The Hall–Kier alpha value is -1.23. The molecule has 16 heavy (non-hydrogen) atoms. The molecule has 0 unspecified atom stereocenters. The van der Waals surface area contributed by atoms with Crippen molar-refractivity contribution in [1.82, 2.24) is 5.32 Å². The van der Waals surface area contributed by atoms with Gasteiger partial charge in [-0.2, -0.15) is 0 Å². The van der Waals surface area contributed by atoms with Crippen molar-refractivity contribution in [3.8, 4) is 0 Å². The molecule has 0 aromatic heterocycles. The minimum atomic E-state index is -0.174. The molecule has 0 spiro atoms. The zero-order valence-electron chi connectivity index (χ0n) is 10.3. The molecule has 1 amide bonds. The Morgan fingerprint density at radius 2 is 1.88 bits per heavy atom. The molecule has 0 heterocycles. The van der Waals surface area contributed by atoms with Gasteiger partial charge in [0, 0.05) is 13.3 Å². The number of amides is 1. The smallest absolute Gasteiger partial charge is 0.217 e. The van der Waals surface area contributed by atoms with Gasteiger partial charge in [-0.1, -0.05) is 13.8 Å². The van der Waals surface area contributed by atoms with E-state index in [9.17, 15) is 14.4 Å². The summed E-state index contributed by atoms with van der Waals surface area (Å²) in [6.07, 6.45) is 3.13. The molecule has 0 fully saturated rings. The molecule has 0 saturated carbocycles. The van der Waals surface area contributed by atoms with E-state index in [-0.39, 0.29) is 17.9 Å². The van der Waals surface area contributed by atoms with Crippen LogP contribution >= 0.6 is 0 Å². The zero-order valence-corrected chi connectivity index (χ0v) is 10.3. The first-order valence-corrected chi connectivity index (χ1v) is 5.21. The zero-order chi connectivity index (χ0) is 13.0. The molecule has 0 aliphatic heterocycles. The summed E-state index contributed by atoms with van der Waals surface area (Å²) in [7, 11) is 0. The van der Waals surface area contributed by atoms with Crippen LogP contribution in [0.15, 0.2) is 0 Å². The van der Waals surface area contributed by atoms with E-state index < -0.39 is 0 Å². The van der Waals surface area contributed by atoms with Crippen molar-refractivity contribution in [2.24, 2.45) is 11.1 Å². The lowest BCUT2D eigenvalue weighted by atomic mass is 9.86. The van der Waals surface area contributed by atoms with Gasteiger partial charge in [0.2, 0.25) is 5.91 Å². The summed E-state index contributed by atoms with van der Waals surface area (Å²) in [5.41, 5.74) is 5.44. The Bertz CT molecular complexity index is 215. The van der Waals surface area contributed by atoms with Gasteiger partial charge in [-0.05, 0) is 18.4 Å². The number of nitrogens with two attached hydrogens (primary N) is 1. The second-order valence-corrected chi connectivity index (χ2v) is 4.18. The quantitative estimate of drug-likeness (QED) is 0.641. The van der Waals surface area contributed by atoms with Gasteiger partial charge in [0.1, 0.15) is 12.6 Å². The molecule has 94 valence electrons. The summed E-state index contributed by atoms with van der Waals surface area (Å²) < 4.78 is 0. The fraction of sp³-hybridized carbons (Fsp3) is 0.727. The van der Waals surface area contributed by atoms with Gasteiger partial charge >= 0.3 is 0 Å². The molecule has 0 radical (unpaired) electrons. The third-order valence-electron chi connectivity index (χ3n) is 1.89. The highest BCUT2D eigenvalue weighted by atomic mass is 16.2. The minimum Gasteiger partial charge on any atom is -0.350 e. The molecule has 3 N–H and O–H groups in total. The number of nitrogens with one attached hydrogen (secondary N) is 1. The van der Waals surface area contributed by atoms with Gasteiger partial charge in [-0.3, -0.25) is 4.79 Å². The lowest BCUT2D eigenvalue weighted by molar-refractivity contribution is -0.120. The standard InChI is InChI=1S/C7H15NO.C4H7NO2/c1-7(2,3-5-8)4-6-9;1-4(7)5-2-3-6/h6H,3-5,8H2,1-2H3;3H,2H2,1H3,(H,5,7). The number of carbonyl (C=O) groups excluding carboxylic acids is 3. The molecule has 0 aromatic carbocycles. The van der Waals surface area contributed by atoms with Crippen LogP contribution in [-0.4, -0.2) is 31.6 Å². The number of carbonyl (C=O) groups is 3. The molecule has 0 atom stereocenters. The topological polar surface area (TPSA) is 89.3 Å². The van der Waals surface area contributed by atoms with E-state index in [4.69, 9.17) is 5.73 Å². The van der Waals surface area contributed by atoms with Crippen LogP contribution in [0.5, 0.6) is 0 Å². The van der Waals surface area contributed by atoms with Crippen molar-refractivity contribution in [2.45, 2.75) is 33.6 Å². The molecule has 0 bridgehead atoms. The van der Waals surface area contributed by atoms with Gasteiger partial charge in [-0.15, -0.1) is 0 Å². The summed E-state index contributed by atoms with van der Waals surface area (Å²) >= 11 is 0. The van der Waals surface area contributed by atoms with Crippen molar-refractivity contribution in [2.75, 3.05) is 13.1 Å². The molecule has 0 saturated heterocycles. The fourth-order valence-electron chi connectivity index (χ4n) is 0.904. The van der Waals surface area contributed by atoms with Gasteiger partial charge in [-0.25, -0.2) is 0 Å². The maximum Gasteiger partial charge on any atom is 0.217 e. The first-order valence-electron chi connectivity index (χ1n) is 5.21. The molecular formula is C11H22N2O3. The van der Waals surface area contributed by atoms with Crippen LogP contribution < -0.4 is 11.1 Å². The molecule has 0 rings (SSSR count). The Balaban J connectivity index is 0. The largest absolute Gasteiger partial charge is 0.350 e.